The fourth-order valence-corrected chi connectivity index (χ4v) is 2.66. The molecule has 0 unspecified atom stereocenters. The molecule has 2 N–H and O–H groups in total. The van der Waals surface area contributed by atoms with Gasteiger partial charge in [-0.2, -0.15) is 0 Å². The molecule has 0 atom stereocenters. The second kappa shape index (κ2) is 7.09. The van der Waals surface area contributed by atoms with Crippen molar-refractivity contribution in [2.24, 2.45) is 0 Å². The lowest BCUT2D eigenvalue weighted by Gasteiger charge is -2.26. The van der Waals surface area contributed by atoms with E-state index < -0.39 is 0 Å². The number of aryl methyl sites for hydroxylation is 1. The molecule has 1 aliphatic heterocycles. The van der Waals surface area contributed by atoms with Crippen LogP contribution >= 0.6 is 0 Å². The Balaban J connectivity index is 1.58. The molecule has 120 valence electrons. The number of piperidine rings is 1. The van der Waals surface area contributed by atoms with Crippen LogP contribution in [0.25, 0.3) is 0 Å². The van der Waals surface area contributed by atoms with Crippen LogP contribution in [0.4, 0.5) is 22.1 Å². The molecule has 0 spiro atoms. The quantitative estimate of drug-likeness (QED) is 0.911. The molecule has 1 aromatic heterocycles. The van der Waals surface area contributed by atoms with Gasteiger partial charge in [0.2, 0.25) is 5.95 Å². The number of hydrogen-bond acceptors (Lipinski definition) is 4. The van der Waals surface area contributed by atoms with Crippen molar-refractivity contribution in [3.63, 3.8) is 0 Å². The molecule has 3 rings (SSSR count). The van der Waals surface area contributed by atoms with Gasteiger partial charge in [0.05, 0.1) is 18.1 Å². The van der Waals surface area contributed by atoms with Crippen molar-refractivity contribution < 1.29 is 4.79 Å². The topological polar surface area (TPSA) is 70.2 Å². The van der Waals surface area contributed by atoms with Gasteiger partial charge in [-0.15, -0.1) is 0 Å². The largest absolute Gasteiger partial charge is 0.341 e. The molecule has 0 bridgehead atoms. The first-order valence-electron chi connectivity index (χ1n) is 7.92. The first-order valence-corrected chi connectivity index (χ1v) is 7.92. The first kappa shape index (κ1) is 15.3. The van der Waals surface area contributed by atoms with Crippen LogP contribution in [-0.2, 0) is 0 Å². The average Bonchev–Trinajstić information content (AvgIpc) is 2.56. The van der Waals surface area contributed by atoms with Gasteiger partial charge in [0.15, 0.2) is 0 Å². The molecular weight excluding hydrogens is 290 g/mol. The van der Waals surface area contributed by atoms with Gasteiger partial charge in [0.1, 0.15) is 0 Å². The Labute approximate surface area is 135 Å². The second-order valence-corrected chi connectivity index (χ2v) is 5.77. The third-order valence-corrected chi connectivity index (χ3v) is 3.81. The normalized spacial score (nSPS) is 14.4. The molecule has 0 radical (unpaired) electrons. The number of aromatic nitrogens is 2. The number of carbonyl (C=O) groups excluding carboxylic acids is 1. The lowest BCUT2D eigenvalue weighted by Crippen LogP contribution is -2.31. The number of urea groups is 1. The summed E-state index contributed by atoms with van der Waals surface area (Å²) >= 11 is 0. The van der Waals surface area contributed by atoms with Gasteiger partial charge in [-0.3, -0.25) is 0 Å². The van der Waals surface area contributed by atoms with Crippen molar-refractivity contribution in [3.05, 3.63) is 42.2 Å². The third-order valence-electron chi connectivity index (χ3n) is 3.81. The van der Waals surface area contributed by atoms with Gasteiger partial charge in [-0.1, -0.05) is 12.1 Å². The summed E-state index contributed by atoms with van der Waals surface area (Å²) in [5.74, 6) is 0.731. The summed E-state index contributed by atoms with van der Waals surface area (Å²) in [6.45, 7) is 3.98. The van der Waals surface area contributed by atoms with Crippen LogP contribution in [-0.4, -0.2) is 29.1 Å². The highest BCUT2D eigenvalue weighted by Gasteiger charge is 2.13. The molecule has 1 aliphatic rings. The number of benzene rings is 1. The van der Waals surface area contributed by atoms with Gasteiger partial charge in [-0.05, 0) is 43.9 Å². The molecule has 0 saturated carbocycles. The van der Waals surface area contributed by atoms with Crippen molar-refractivity contribution in [2.75, 3.05) is 28.6 Å². The molecule has 2 aromatic rings. The number of hydrogen-bond donors (Lipinski definition) is 2. The maximum atomic E-state index is 12.0. The second-order valence-electron chi connectivity index (χ2n) is 5.77. The standard InChI is InChI=1S/C17H21N5O/c1-13-6-5-7-14(10-13)20-17(23)21-15-11-18-16(19-12-15)22-8-3-2-4-9-22/h5-7,10-12H,2-4,8-9H2,1H3,(H2,20,21,23). The molecule has 6 heteroatoms. The molecule has 1 aromatic carbocycles. The molecule has 1 saturated heterocycles. The van der Waals surface area contributed by atoms with E-state index in [-0.39, 0.29) is 6.03 Å². The first-order chi connectivity index (χ1) is 11.2. The lowest BCUT2D eigenvalue weighted by atomic mass is 10.1. The van der Waals surface area contributed by atoms with Crippen LogP contribution in [0.15, 0.2) is 36.7 Å². The van der Waals surface area contributed by atoms with Crippen LogP contribution in [0.3, 0.4) is 0 Å². The third kappa shape index (κ3) is 4.18. The van der Waals surface area contributed by atoms with Gasteiger partial charge >= 0.3 is 6.03 Å². The number of carbonyl (C=O) groups is 1. The Morgan fingerprint density at radius 1 is 1.04 bits per heavy atom. The van der Waals surface area contributed by atoms with Gasteiger partial charge in [-0.25, -0.2) is 14.8 Å². The van der Waals surface area contributed by atoms with E-state index in [0.717, 1.165) is 30.3 Å². The van der Waals surface area contributed by atoms with Gasteiger partial charge in [0, 0.05) is 18.8 Å². The lowest BCUT2D eigenvalue weighted by molar-refractivity contribution is 0.262. The van der Waals surface area contributed by atoms with E-state index >= 15 is 0 Å². The van der Waals surface area contributed by atoms with E-state index in [9.17, 15) is 4.79 Å². The zero-order valence-electron chi connectivity index (χ0n) is 13.2. The summed E-state index contributed by atoms with van der Waals surface area (Å²) in [5, 5.41) is 5.54. The Hall–Kier alpha value is -2.63. The van der Waals surface area contributed by atoms with Crippen LogP contribution < -0.4 is 15.5 Å². The molecule has 23 heavy (non-hydrogen) atoms. The highest BCUT2D eigenvalue weighted by Crippen LogP contribution is 2.16. The zero-order chi connectivity index (χ0) is 16.1. The van der Waals surface area contributed by atoms with Crippen molar-refractivity contribution in [3.8, 4) is 0 Å². The van der Waals surface area contributed by atoms with E-state index in [0.29, 0.717) is 5.69 Å². The Bertz CT molecular complexity index is 665. The van der Waals surface area contributed by atoms with Crippen LogP contribution in [0.5, 0.6) is 0 Å². The predicted octanol–water partition coefficient (Wildman–Crippen LogP) is 3.42. The maximum absolute atomic E-state index is 12.0. The molecule has 1 fully saturated rings. The zero-order valence-corrected chi connectivity index (χ0v) is 13.2. The molecule has 2 amide bonds. The molecule has 6 nitrogen and oxygen atoms in total. The fraction of sp³-hybridized carbons (Fsp3) is 0.353. The average molecular weight is 311 g/mol. The fourth-order valence-electron chi connectivity index (χ4n) is 2.66. The summed E-state index contributed by atoms with van der Waals surface area (Å²) in [4.78, 5) is 22.9. The molecule has 2 heterocycles. The monoisotopic (exact) mass is 311 g/mol. The number of nitrogens with zero attached hydrogens (tertiary/aromatic N) is 3. The summed E-state index contributed by atoms with van der Waals surface area (Å²) in [6, 6.07) is 7.35. The van der Waals surface area contributed by atoms with Crippen molar-refractivity contribution in [1.29, 1.82) is 0 Å². The van der Waals surface area contributed by atoms with E-state index in [4.69, 9.17) is 0 Å². The number of anilines is 3. The van der Waals surface area contributed by atoms with Crippen LogP contribution in [0, 0.1) is 6.92 Å². The van der Waals surface area contributed by atoms with Crippen LogP contribution in [0.1, 0.15) is 24.8 Å². The Kier molecular flexibility index (Phi) is 4.71. The highest BCUT2D eigenvalue weighted by molar-refractivity contribution is 5.99. The van der Waals surface area contributed by atoms with E-state index in [1.165, 1.54) is 19.3 Å². The molecular formula is C17H21N5O. The van der Waals surface area contributed by atoms with Gasteiger partial charge in [0.25, 0.3) is 0 Å². The number of amides is 2. The van der Waals surface area contributed by atoms with E-state index in [1.54, 1.807) is 12.4 Å². The van der Waals surface area contributed by atoms with Gasteiger partial charge < -0.3 is 15.5 Å². The predicted molar refractivity (Wildman–Crippen MR) is 91.9 cm³/mol. The maximum Gasteiger partial charge on any atom is 0.323 e. The van der Waals surface area contributed by atoms with Crippen LogP contribution in [0.2, 0.25) is 0 Å². The summed E-state index contributed by atoms with van der Waals surface area (Å²) in [5.41, 5.74) is 2.43. The summed E-state index contributed by atoms with van der Waals surface area (Å²) < 4.78 is 0. The van der Waals surface area contributed by atoms with Crippen molar-refractivity contribution >= 4 is 23.4 Å². The minimum absolute atomic E-state index is 0.301. The smallest absolute Gasteiger partial charge is 0.323 e. The van der Waals surface area contributed by atoms with Crippen molar-refractivity contribution in [1.82, 2.24) is 9.97 Å². The minimum Gasteiger partial charge on any atom is -0.341 e. The summed E-state index contributed by atoms with van der Waals surface area (Å²) in [6.07, 6.45) is 6.93. The summed E-state index contributed by atoms with van der Waals surface area (Å²) in [7, 11) is 0. The highest BCUT2D eigenvalue weighted by atomic mass is 16.2. The van der Waals surface area contributed by atoms with Crippen molar-refractivity contribution in [2.45, 2.75) is 26.2 Å². The number of nitrogens with one attached hydrogen (secondary N) is 2. The number of rotatable bonds is 3. The minimum atomic E-state index is -0.301. The SMILES string of the molecule is Cc1cccc(NC(=O)Nc2cnc(N3CCCCC3)nc2)c1. The molecule has 0 aliphatic carbocycles. The Morgan fingerprint density at radius 3 is 2.43 bits per heavy atom. The Morgan fingerprint density at radius 2 is 1.74 bits per heavy atom. The van der Waals surface area contributed by atoms with E-state index in [2.05, 4.69) is 25.5 Å². The van der Waals surface area contributed by atoms with E-state index in [1.807, 2.05) is 31.2 Å².